The molecule has 2 aromatic rings. The van der Waals surface area contributed by atoms with E-state index in [0.29, 0.717) is 13.1 Å². The summed E-state index contributed by atoms with van der Waals surface area (Å²) in [6.07, 6.45) is 3.49. The van der Waals surface area contributed by atoms with E-state index >= 15 is 0 Å². The molecule has 0 aromatic carbocycles. The summed E-state index contributed by atoms with van der Waals surface area (Å²) in [5, 5.41) is 14.5. The highest BCUT2D eigenvalue weighted by molar-refractivity contribution is 4.94. The Hall–Kier alpha value is -1.69. The van der Waals surface area contributed by atoms with Gasteiger partial charge in [0.05, 0.1) is 18.4 Å². The smallest absolute Gasteiger partial charge is 0.150 e. The lowest BCUT2D eigenvalue weighted by atomic mass is 10.4. The number of hydrogen-bond donors (Lipinski definition) is 1. The van der Waals surface area contributed by atoms with Crippen LogP contribution in [0.3, 0.4) is 0 Å². The lowest BCUT2D eigenvalue weighted by Crippen LogP contribution is -2.12. The van der Waals surface area contributed by atoms with Crippen molar-refractivity contribution in [2.45, 2.75) is 13.1 Å². The predicted octanol–water partition coefficient (Wildman–Crippen LogP) is 0.0929. The van der Waals surface area contributed by atoms with Gasteiger partial charge in [0.15, 0.2) is 0 Å². The van der Waals surface area contributed by atoms with Crippen molar-refractivity contribution in [1.82, 2.24) is 25.5 Å². The summed E-state index contributed by atoms with van der Waals surface area (Å²) in [6.45, 7) is 1.32. The van der Waals surface area contributed by atoms with Crippen LogP contribution in [0.2, 0.25) is 0 Å². The molecular weight excluding hydrogens is 182 g/mol. The Morgan fingerprint density at radius 1 is 1.50 bits per heavy atom. The monoisotopic (exact) mass is 193 g/mol. The molecule has 0 saturated heterocycles. The van der Waals surface area contributed by atoms with Crippen molar-refractivity contribution < 1.29 is 4.52 Å². The van der Waals surface area contributed by atoms with Gasteiger partial charge in [-0.05, 0) is 0 Å². The summed E-state index contributed by atoms with van der Waals surface area (Å²) < 4.78 is 6.59. The van der Waals surface area contributed by atoms with Crippen LogP contribution in [0.25, 0.3) is 0 Å². The zero-order chi connectivity index (χ0) is 9.80. The summed E-state index contributed by atoms with van der Waals surface area (Å²) in [4.78, 5) is 0. The quantitative estimate of drug-likeness (QED) is 0.745. The van der Waals surface area contributed by atoms with Gasteiger partial charge >= 0.3 is 0 Å². The first-order valence-corrected chi connectivity index (χ1v) is 4.30. The van der Waals surface area contributed by atoms with Crippen molar-refractivity contribution in [3.63, 3.8) is 0 Å². The third kappa shape index (κ3) is 2.17. The Balaban J connectivity index is 1.78. The first-order valence-electron chi connectivity index (χ1n) is 4.30. The van der Waals surface area contributed by atoms with Crippen LogP contribution >= 0.6 is 0 Å². The lowest BCUT2D eigenvalue weighted by Gasteiger charge is -1.96. The first-order chi connectivity index (χ1) is 6.84. The predicted molar refractivity (Wildman–Crippen MR) is 48.0 cm³/mol. The van der Waals surface area contributed by atoms with Crippen LogP contribution in [0, 0.1) is 0 Å². The van der Waals surface area contributed by atoms with Crippen molar-refractivity contribution in [1.29, 1.82) is 0 Å². The average Bonchev–Trinajstić information content (AvgIpc) is 2.77. The molecule has 0 aliphatic heterocycles. The Morgan fingerprint density at radius 2 is 2.43 bits per heavy atom. The van der Waals surface area contributed by atoms with E-state index in [1.807, 2.05) is 19.3 Å². The molecule has 0 aliphatic rings. The fourth-order valence-corrected chi connectivity index (χ4v) is 1.12. The van der Waals surface area contributed by atoms with Gasteiger partial charge in [-0.25, -0.2) is 0 Å². The third-order valence-electron chi connectivity index (χ3n) is 1.75. The molecule has 14 heavy (non-hydrogen) atoms. The van der Waals surface area contributed by atoms with E-state index < -0.39 is 0 Å². The van der Waals surface area contributed by atoms with Crippen molar-refractivity contribution in [3.05, 3.63) is 29.9 Å². The van der Waals surface area contributed by atoms with Gasteiger partial charge in [0, 0.05) is 25.9 Å². The molecule has 0 spiro atoms. The van der Waals surface area contributed by atoms with E-state index in [1.54, 1.807) is 10.9 Å². The number of hydrogen-bond acceptors (Lipinski definition) is 5. The fourth-order valence-electron chi connectivity index (χ4n) is 1.12. The molecule has 0 bridgehead atoms. The lowest BCUT2D eigenvalue weighted by molar-refractivity contribution is 0.372. The molecule has 0 atom stereocenters. The van der Waals surface area contributed by atoms with Crippen molar-refractivity contribution in [3.8, 4) is 0 Å². The molecule has 1 N–H and O–H groups in total. The molecule has 6 heteroatoms. The Bertz CT molecular complexity index is 380. The van der Waals surface area contributed by atoms with Gasteiger partial charge in [0.25, 0.3) is 0 Å². The second-order valence-electron chi connectivity index (χ2n) is 2.97. The van der Waals surface area contributed by atoms with Gasteiger partial charge in [-0.2, -0.15) is 0 Å². The minimum atomic E-state index is 0.649. The molecule has 0 amide bonds. The van der Waals surface area contributed by atoms with E-state index in [2.05, 4.69) is 20.8 Å². The van der Waals surface area contributed by atoms with Crippen LogP contribution in [0.1, 0.15) is 11.5 Å². The zero-order valence-corrected chi connectivity index (χ0v) is 7.84. The van der Waals surface area contributed by atoms with Crippen LogP contribution in [0.5, 0.6) is 0 Å². The Morgan fingerprint density at radius 3 is 3.07 bits per heavy atom. The van der Waals surface area contributed by atoms with Gasteiger partial charge in [-0.3, -0.25) is 4.68 Å². The molecule has 0 radical (unpaired) electrons. The van der Waals surface area contributed by atoms with Crippen molar-refractivity contribution in [2.75, 3.05) is 0 Å². The first kappa shape index (κ1) is 8.89. The minimum absolute atomic E-state index is 0.649. The van der Waals surface area contributed by atoms with Gasteiger partial charge in [0.2, 0.25) is 0 Å². The summed E-state index contributed by atoms with van der Waals surface area (Å²) in [5.41, 5.74) is 0.909. The average molecular weight is 193 g/mol. The number of aryl methyl sites for hydroxylation is 1. The van der Waals surface area contributed by atoms with Crippen molar-refractivity contribution >= 4 is 0 Å². The maximum Gasteiger partial charge on any atom is 0.150 e. The SMILES string of the molecule is Cn1cc(CNCc2ccno2)nn1. The number of rotatable bonds is 4. The molecular formula is C8H11N5O. The van der Waals surface area contributed by atoms with Crippen LogP contribution in [0.15, 0.2) is 23.0 Å². The van der Waals surface area contributed by atoms with Crippen LogP contribution in [0.4, 0.5) is 0 Å². The Kier molecular flexibility index (Phi) is 2.55. The molecule has 0 saturated carbocycles. The highest BCUT2D eigenvalue weighted by Gasteiger charge is 1.99. The number of aromatic nitrogens is 4. The normalized spacial score (nSPS) is 10.6. The summed E-state index contributed by atoms with van der Waals surface area (Å²) in [7, 11) is 1.84. The second kappa shape index (κ2) is 4.01. The maximum absolute atomic E-state index is 4.92. The van der Waals surface area contributed by atoms with Crippen LogP contribution < -0.4 is 5.32 Å². The highest BCUT2D eigenvalue weighted by atomic mass is 16.5. The molecule has 0 unspecified atom stereocenters. The highest BCUT2D eigenvalue weighted by Crippen LogP contribution is 1.96. The fraction of sp³-hybridized carbons (Fsp3) is 0.375. The standard InChI is InChI=1S/C8H11N5O/c1-13-6-7(11-12-13)4-9-5-8-2-3-10-14-8/h2-3,6,9H,4-5H2,1H3. The second-order valence-corrected chi connectivity index (χ2v) is 2.97. The van der Waals surface area contributed by atoms with Gasteiger partial charge < -0.3 is 9.84 Å². The van der Waals surface area contributed by atoms with E-state index in [4.69, 9.17) is 4.52 Å². The molecule has 2 aromatic heterocycles. The molecule has 0 aliphatic carbocycles. The third-order valence-corrected chi connectivity index (χ3v) is 1.75. The molecule has 6 nitrogen and oxygen atoms in total. The van der Waals surface area contributed by atoms with Crippen LogP contribution in [-0.2, 0) is 20.1 Å². The topological polar surface area (TPSA) is 68.8 Å². The van der Waals surface area contributed by atoms with Gasteiger partial charge in [-0.15, -0.1) is 5.10 Å². The molecule has 74 valence electrons. The summed E-state index contributed by atoms with van der Waals surface area (Å²) >= 11 is 0. The van der Waals surface area contributed by atoms with Crippen LogP contribution in [-0.4, -0.2) is 20.2 Å². The largest absolute Gasteiger partial charge is 0.360 e. The molecule has 2 rings (SSSR count). The van der Waals surface area contributed by atoms with E-state index in [1.165, 1.54) is 0 Å². The molecule has 2 heterocycles. The Labute approximate surface area is 80.9 Å². The maximum atomic E-state index is 4.92. The van der Waals surface area contributed by atoms with Gasteiger partial charge in [-0.1, -0.05) is 10.4 Å². The van der Waals surface area contributed by atoms with E-state index in [-0.39, 0.29) is 0 Å². The van der Waals surface area contributed by atoms with Gasteiger partial charge in [0.1, 0.15) is 5.76 Å². The van der Waals surface area contributed by atoms with E-state index in [9.17, 15) is 0 Å². The zero-order valence-electron chi connectivity index (χ0n) is 7.84. The summed E-state index contributed by atoms with van der Waals surface area (Å²) in [5.74, 6) is 0.814. The van der Waals surface area contributed by atoms with Crippen molar-refractivity contribution in [2.24, 2.45) is 7.05 Å². The summed E-state index contributed by atoms with van der Waals surface area (Å²) in [6, 6.07) is 1.82. The minimum Gasteiger partial charge on any atom is -0.360 e. The number of nitrogens with one attached hydrogen (secondary N) is 1. The van der Waals surface area contributed by atoms with E-state index in [0.717, 1.165) is 11.5 Å². The molecule has 0 fully saturated rings. The number of nitrogens with zero attached hydrogens (tertiary/aromatic N) is 4.